The van der Waals surface area contributed by atoms with Gasteiger partial charge in [-0.05, 0) is 38.4 Å². The van der Waals surface area contributed by atoms with E-state index in [1.165, 1.54) is 12.1 Å². The SMILES string of the molecule is CC(C)NCCCC(C)Oc1ccccc1C(F)(F)F. The first-order valence-electron chi connectivity index (χ1n) is 6.87. The number of hydrogen-bond donors (Lipinski definition) is 1. The van der Waals surface area contributed by atoms with Crippen LogP contribution in [0.1, 0.15) is 39.2 Å². The van der Waals surface area contributed by atoms with Gasteiger partial charge in [0.25, 0.3) is 0 Å². The molecule has 114 valence electrons. The standard InChI is InChI=1S/C15H22F3NO/c1-11(2)19-10-6-7-12(3)20-14-9-5-4-8-13(14)15(16,17)18/h4-5,8-9,11-12,19H,6-7,10H2,1-3H3. The van der Waals surface area contributed by atoms with Gasteiger partial charge in [-0.2, -0.15) is 13.2 Å². The second kappa shape index (κ2) is 7.53. The molecular weight excluding hydrogens is 267 g/mol. The molecule has 0 aromatic heterocycles. The van der Waals surface area contributed by atoms with Gasteiger partial charge in [-0.1, -0.05) is 26.0 Å². The topological polar surface area (TPSA) is 21.3 Å². The summed E-state index contributed by atoms with van der Waals surface area (Å²) >= 11 is 0. The number of alkyl halides is 3. The van der Waals surface area contributed by atoms with E-state index in [1.54, 1.807) is 13.0 Å². The van der Waals surface area contributed by atoms with Crippen LogP contribution in [0, 0.1) is 0 Å². The summed E-state index contributed by atoms with van der Waals surface area (Å²) in [7, 11) is 0. The zero-order chi connectivity index (χ0) is 15.2. The van der Waals surface area contributed by atoms with Crippen molar-refractivity contribution in [3.05, 3.63) is 29.8 Å². The number of hydrogen-bond acceptors (Lipinski definition) is 2. The first-order chi connectivity index (χ1) is 9.30. The second-order valence-corrected chi connectivity index (χ2v) is 5.17. The van der Waals surface area contributed by atoms with Gasteiger partial charge in [0.1, 0.15) is 5.75 Å². The number of benzene rings is 1. The van der Waals surface area contributed by atoms with E-state index < -0.39 is 11.7 Å². The fourth-order valence-electron chi connectivity index (χ4n) is 1.86. The van der Waals surface area contributed by atoms with Crippen molar-refractivity contribution in [3.63, 3.8) is 0 Å². The third kappa shape index (κ3) is 5.82. The Kier molecular flexibility index (Phi) is 6.33. The summed E-state index contributed by atoms with van der Waals surface area (Å²) in [6, 6.07) is 5.75. The summed E-state index contributed by atoms with van der Waals surface area (Å²) in [5, 5.41) is 3.26. The Balaban J connectivity index is 2.52. The van der Waals surface area contributed by atoms with Crippen LogP contribution in [0.5, 0.6) is 5.75 Å². The maximum absolute atomic E-state index is 12.8. The van der Waals surface area contributed by atoms with Crippen molar-refractivity contribution in [2.24, 2.45) is 0 Å². The molecule has 0 aliphatic carbocycles. The molecule has 0 radical (unpaired) electrons. The highest BCUT2D eigenvalue weighted by molar-refractivity contribution is 5.35. The van der Waals surface area contributed by atoms with Crippen molar-refractivity contribution in [2.45, 2.75) is 51.9 Å². The molecule has 1 atom stereocenters. The van der Waals surface area contributed by atoms with E-state index in [2.05, 4.69) is 19.2 Å². The fourth-order valence-corrected chi connectivity index (χ4v) is 1.86. The van der Waals surface area contributed by atoms with Gasteiger partial charge in [-0.3, -0.25) is 0 Å². The van der Waals surface area contributed by atoms with Gasteiger partial charge in [0, 0.05) is 6.04 Å². The van der Waals surface area contributed by atoms with Gasteiger partial charge in [-0.25, -0.2) is 0 Å². The molecule has 1 aromatic carbocycles. The molecule has 0 spiro atoms. The number of rotatable bonds is 7. The van der Waals surface area contributed by atoms with Crippen molar-refractivity contribution in [1.82, 2.24) is 5.32 Å². The van der Waals surface area contributed by atoms with E-state index in [-0.39, 0.29) is 11.9 Å². The van der Waals surface area contributed by atoms with Crippen molar-refractivity contribution >= 4 is 0 Å². The van der Waals surface area contributed by atoms with Crippen LogP contribution >= 0.6 is 0 Å². The van der Waals surface area contributed by atoms with Crippen LogP contribution < -0.4 is 10.1 Å². The molecule has 20 heavy (non-hydrogen) atoms. The van der Waals surface area contributed by atoms with E-state index in [0.717, 1.165) is 19.0 Å². The minimum absolute atomic E-state index is 0.0932. The monoisotopic (exact) mass is 289 g/mol. The van der Waals surface area contributed by atoms with E-state index in [9.17, 15) is 13.2 Å². The zero-order valence-electron chi connectivity index (χ0n) is 12.1. The lowest BCUT2D eigenvalue weighted by atomic mass is 10.1. The van der Waals surface area contributed by atoms with Gasteiger partial charge in [0.05, 0.1) is 11.7 Å². The summed E-state index contributed by atoms with van der Waals surface area (Å²) in [6.07, 6.45) is -3.04. The number of para-hydroxylation sites is 1. The van der Waals surface area contributed by atoms with E-state index in [0.29, 0.717) is 12.5 Å². The van der Waals surface area contributed by atoms with Crippen molar-refractivity contribution in [1.29, 1.82) is 0 Å². The normalized spacial score (nSPS) is 13.6. The number of nitrogens with one attached hydrogen (secondary N) is 1. The molecule has 0 saturated carbocycles. The van der Waals surface area contributed by atoms with Crippen LogP contribution in [0.3, 0.4) is 0 Å². The molecule has 5 heteroatoms. The van der Waals surface area contributed by atoms with Crippen LogP contribution in [0.4, 0.5) is 13.2 Å². The molecule has 1 N–H and O–H groups in total. The van der Waals surface area contributed by atoms with Crippen molar-refractivity contribution in [3.8, 4) is 5.75 Å². The fraction of sp³-hybridized carbons (Fsp3) is 0.600. The lowest BCUT2D eigenvalue weighted by molar-refractivity contribution is -0.139. The smallest absolute Gasteiger partial charge is 0.419 e. The van der Waals surface area contributed by atoms with Gasteiger partial charge in [0.15, 0.2) is 0 Å². The average molecular weight is 289 g/mol. The van der Waals surface area contributed by atoms with Crippen LogP contribution in [0.25, 0.3) is 0 Å². The molecule has 1 aromatic rings. The van der Waals surface area contributed by atoms with E-state index >= 15 is 0 Å². The lowest BCUT2D eigenvalue weighted by Crippen LogP contribution is -2.25. The highest BCUT2D eigenvalue weighted by Gasteiger charge is 2.34. The van der Waals surface area contributed by atoms with Gasteiger partial charge < -0.3 is 10.1 Å². The molecule has 0 heterocycles. The minimum atomic E-state index is -4.38. The number of ether oxygens (including phenoxy) is 1. The Morgan fingerprint density at radius 1 is 1.15 bits per heavy atom. The maximum atomic E-state index is 12.8. The highest BCUT2D eigenvalue weighted by atomic mass is 19.4. The Morgan fingerprint density at radius 2 is 1.80 bits per heavy atom. The molecule has 2 nitrogen and oxygen atoms in total. The second-order valence-electron chi connectivity index (χ2n) is 5.17. The van der Waals surface area contributed by atoms with Gasteiger partial charge in [0.2, 0.25) is 0 Å². The highest BCUT2D eigenvalue weighted by Crippen LogP contribution is 2.36. The first-order valence-corrected chi connectivity index (χ1v) is 6.87. The molecule has 0 saturated heterocycles. The molecule has 0 fully saturated rings. The summed E-state index contributed by atoms with van der Waals surface area (Å²) in [6.45, 7) is 6.74. The lowest BCUT2D eigenvalue weighted by Gasteiger charge is -2.19. The molecular formula is C15H22F3NO. The summed E-state index contributed by atoms with van der Waals surface area (Å²) in [5.41, 5.74) is -0.716. The van der Waals surface area contributed by atoms with Crippen LogP contribution in [-0.4, -0.2) is 18.7 Å². The van der Waals surface area contributed by atoms with Crippen LogP contribution in [0.15, 0.2) is 24.3 Å². The Labute approximate surface area is 118 Å². The van der Waals surface area contributed by atoms with Crippen LogP contribution in [-0.2, 0) is 6.18 Å². The first kappa shape index (κ1) is 16.8. The minimum Gasteiger partial charge on any atom is -0.490 e. The van der Waals surface area contributed by atoms with E-state index in [1.807, 2.05) is 0 Å². The Bertz CT molecular complexity index is 404. The predicted octanol–water partition coefficient (Wildman–Crippen LogP) is 4.25. The molecule has 0 amide bonds. The van der Waals surface area contributed by atoms with E-state index in [4.69, 9.17) is 4.74 Å². The van der Waals surface area contributed by atoms with Gasteiger partial charge in [-0.15, -0.1) is 0 Å². The number of halogens is 3. The Hall–Kier alpha value is -1.23. The average Bonchev–Trinajstić information content (AvgIpc) is 2.34. The van der Waals surface area contributed by atoms with Gasteiger partial charge >= 0.3 is 6.18 Å². The molecule has 0 bridgehead atoms. The van der Waals surface area contributed by atoms with Crippen molar-refractivity contribution in [2.75, 3.05) is 6.54 Å². The van der Waals surface area contributed by atoms with Crippen LogP contribution in [0.2, 0.25) is 0 Å². The summed E-state index contributed by atoms with van der Waals surface area (Å²) in [4.78, 5) is 0. The molecule has 1 rings (SSSR count). The quantitative estimate of drug-likeness (QED) is 0.758. The predicted molar refractivity (Wildman–Crippen MR) is 73.9 cm³/mol. The summed E-state index contributed by atoms with van der Waals surface area (Å²) in [5.74, 6) is -0.0932. The summed E-state index contributed by atoms with van der Waals surface area (Å²) < 4.78 is 43.8. The molecule has 1 unspecified atom stereocenters. The largest absolute Gasteiger partial charge is 0.490 e. The maximum Gasteiger partial charge on any atom is 0.419 e. The molecule has 0 aliphatic rings. The third-order valence-corrected chi connectivity index (χ3v) is 2.86. The van der Waals surface area contributed by atoms with Crippen molar-refractivity contribution < 1.29 is 17.9 Å². The Morgan fingerprint density at radius 3 is 2.40 bits per heavy atom. The third-order valence-electron chi connectivity index (χ3n) is 2.86. The molecule has 0 aliphatic heterocycles. The zero-order valence-corrected chi connectivity index (χ0v) is 12.1.